The zero-order valence-corrected chi connectivity index (χ0v) is 17.0. The predicted molar refractivity (Wildman–Crippen MR) is 105 cm³/mol. The summed E-state index contributed by atoms with van der Waals surface area (Å²) in [6, 6.07) is 10.0. The van der Waals surface area contributed by atoms with Crippen LogP contribution in [0.15, 0.2) is 30.3 Å². The minimum absolute atomic E-state index is 0.0628. The third-order valence-electron chi connectivity index (χ3n) is 5.44. The fourth-order valence-electron chi connectivity index (χ4n) is 3.80. The molecule has 27 heavy (non-hydrogen) atoms. The average Bonchev–Trinajstić information content (AvgIpc) is 3.45. The van der Waals surface area contributed by atoms with Crippen molar-refractivity contribution in [3.8, 4) is 0 Å². The van der Waals surface area contributed by atoms with Crippen LogP contribution in [0.3, 0.4) is 0 Å². The number of hydrogen-bond donors (Lipinski definition) is 1. The van der Waals surface area contributed by atoms with Gasteiger partial charge in [-0.1, -0.05) is 51.1 Å². The van der Waals surface area contributed by atoms with Crippen molar-refractivity contribution in [3.05, 3.63) is 35.9 Å². The Bertz CT molecular complexity index is 679. The molecule has 0 aromatic heterocycles. The van der Waals surface area contributed by atoms with Crippen molar-refractivity contribution in [2.24, 2.45) is 11.3 Å². The SMILES string of the molecule is CC1(CNC(=O)C(c2ccccc2)C2CC2)CN(C(=O)C(C)(C)C)CCO1. The van der Waals surface area contributed by atoms with E-state index in [0.29, 0.717) is 32.2 Å². The second kappa shape index (κ2) is 7.63. The van der Waals surface area contributed by atoms with E-state index in [4.69, 9.17) is 4.74 Å². The van der Waals surface area contributed by atoms with E-state index in [-0.39, 0.29) is 17.7 Å². The highest BCUT2D eigenvalue weighted by atomic mass is 16.5. The van der Waals surface area contributed by atoms with Gasteiger partial charge in [0.2, 0.25) is 11.8 Å². The zero-order valence-electron chi connectivity index (χ0n) is 17.0. The first-order valence-corrected chi connectivity index (χ1v) is 9.96. The Labute approximate surface area is 162 Å². The van der Waals surface area contributed by atoms with Crippen LogP contribution in [0.5, 0.6) is 0 Å². The van der Waals surface area contributed by atoms with E-state index in [1.165, 1.54) is 0 Å². The number of nitrogens with zero attached hydrogens (tertiary/aromatic N) is 1. The van der Waals surface area contributed by atoms with Gasteiger partial charge in [0.1, 0.15) is 5.60 Å². The van der Waals surface area contributed by atoms with Crippen molar-refractivity contribution >= 4 is 11.8 Å². The molecule has 1 aromatic rings. The number of carbonyl (C=O) groups is 2. The fraction of sp³-hybridized carbons (Fsp3) is 0.636. The van der Waals surface area contributed by atoms with Crippen molar-refractivity contribution in [2.45, 2.75) is 52.1 Å². The minimum Gasteiger partial charge on any atom is -0.370 e. The largest absolute Gasteiger partial charge is 0.370 e. The number of amides is 2. The summed E-state index contributed by atoms with van der Waals surface area (Å²) >= 11 is 0. The number of hydrogen-bond acceptors (Lipinski definition) is 3. The van der Waals surface area contributed by atoms with Crippen LogP contribution in [0.25, 0.3) is 0 Å². The van der Waals surface area contributed by atoms with Crippen LogP contribution in [0.4, 0.5) is 0 Å². The third-order valence-corrected chi connectivity index (χ3v) is 5.44. The number of nitrogens with one attached hydrogen (secondary N) is 1. The normalized spacial score (nSPS) is 24.4. The highest BCUT2D eigenvalue weighted by molar-refractivity contribution is 5.84. The van der Waals surface area contributed by atoms with Gasteiger partial charge in [0.05, 0.1) is 19.1 Å². The Kier molecular flexibility index (Phi) is 5.61. The molecule has 0 bridgehead atoms. The summed E-state index contributed by atoms with van der Waals surface area (Å²) in [4.78, 5) is 27.4. The van der Waals surface area contributed by atoms with E-state index < -0.39 is 11.0 Å². The highest BCUT2D eigenvalue weighted by Crippen LogP contribution is 2.42. The highest BCUT2D eigenvalue weighted by Gasteiger charge is 2.40. The summed E-state index contributed by atoms with van der Waals surface area (Å²) in [7, 11) is 0. The molecule has 1 aliphatic carbocycles. The molecule has 5 heteroatoms. The first-order chi connectivity index (χ1) is 12.7. The summed E-state index contributed by atoms with van der Waals surface area (Å²) < 4.78 is 5.96. The summed E-state index contributed by atoms with van der Waals surface area (Å²) in [5.41, 5.74) is 0.114. The molecule has 148 valence electrons. The molecule has 1 saturated carbocycles. The molecule has 2 aliphatic rings. The maximum atomic E-state index is 12.9. The molecular weight excluding hydrogens is 340 g/mol. The molecule has 1 saturated heterocycles. The van der Waals surface area contributed by atoms with Gasteiger partial charge >= 0.3 is 0 Å². The standard InChI is InChI=1S/C22H32N2O3/c1-21(2,3)20(26)24-12-13-27-22(4,15-24)14-23-19(25)18(17-10-11-17)16-8-6-5-7-9-16/h5-9,17-18H,10-15H2,1-4H3,(H,23,25). The van der Waals surface area contributed by atoms with Crippen molar-refractivity contribution in [1.82, 2.24) is 10.2 Å². The van der Waals surface area contributed by atoms with Gasteiger partial charge in [0.25, 0.3) is 0 Å². The van der Waals surface area contributed by atoms with Crippen molar-refractivity contribution in [1.29, 1.82) is 0 Å². The lowest BCUT2D eigenvalue weighted by Gasteiger charge is -2.42. The fourth-order valence-corrected chi connectivity index (χ4v) is 3.80. The number of ether oxygens (including phenoxy) is 1. The molecule has 2 fully saturated rings. The summed E-state index contributed by atoms with van der Waals surface area (Å²) in [6.45, 7) is 9.80. The molecule has 2 unspecified atom stereocenters. The quantitative estimate of drug-likeness (QED) is 0.864. The van der Waals surface area contributed by atoms with E-state index in [2.05, 4.69) is 5.32 Å². The average molecular weight is 373 g/mol. The number of benzene rings is 1. The Balaban J connectivity index is 1.62. The van der Waals surface area contributed by atoms with E-state index in [1.54, 1.807) is 0 Å². The van der Waals surface area contributed by atoms with Crippen molar-refractivity contribution in [3.63, 3.8) is 0 Å². The second-order valence-electron chi connectivity index (χ2n) is 9.22. The lowest BCUT2D eigenvalue weighted by molar-refractivity contribution is -0.155. The topological polar surface area (TPSA) is 58.6 Å². The van der Waals surface area contributed by atoms with Gasteiger partial charge in [-0.2, -0.15) is 0 Å². The van der Waals surface area contributed by atoms with Crippen LogP contribution in [0, 0.1) is 11.3 Å². The number of morpholine rings is 1. The lowest BCUT2D eigenvalue weighted by Crippen LogP contribution is -2.58. The summed E-state index contributed by atoms with van der Waals surface area (Å²) in [6.07, 6.45) is 2.21. The van der Waals surface area contributed by atoms with Gasteiger partial charge in [0, 0.05) is 18.5 Å². The zero-order chi connectivity index (χ0) is 19.7. The van der Waals surface area contributed by atoms with Gasteiger partial charge in [0.15, 0.2) is 0 Å². The Hall–Kier alpha value is -1.88. The monoisotopic (exact) mass is 372 g/mol. The van der Waals surface area contributed by atoms with E-state index in [1.807, 2.05) is 62.9 Å². The molecule has 0 spiro atoms. The van der Waals surface area contributed by atoms with Crippen molar-refractivity contribution < 1.29 is 14.3 Å². The Morgan fingerprint density at radius 1 is 1.26 bits per heavy atom. The maximum absolute atomic E-state index is 12.9. The van der Waals surface area contributed by atoms with Crippen LogP contribution in [0.1, 0.15) is 52.0 Å². The molecule has 5 nitrogen and oxygen atoms in total. The molecule has 1 heterocycles. The molecule has 0 radical (unpaired) electrons. The molecule has 3 rings (SSSR count). The van der Waals surface area contributed by atoms with Crippen LogP contribution >= 0.6 is 0 Å². The first-order valence-electron chi connectivity index (χ1n) is 9.96. The van der Waals surface area contributed by atoms with Gasteiger partial charge in [-0.15, -0.1) is 0 Å². The Morgan fingerprint density at radius 3 is 2.52 bits per heavy atom. The lowest BCUT2D eigenvalue weighted by atomic mass is 9.92. The van der Waals surface area contributed by atoms with Crippen LogP contribution in [-0.4, -0.2) is 48.6 Å². The van der Waals surface area contributed by atoms with Crippen LogP contribution in [0.2, 0.25) is 0 Å². The summed E-state index contributed by atoms with van der Waals surface area (Å²) in [5, 5.41) is 3.11. The predicted octanol–water partition coefficient (Wildman–Crippen LogP) is 2.96. The molecular formula is C22H32N2O3. The number of rotatable bonds is 5. The third kappa shape index (κ3) is 4.89. The van der Waals surface area contributed by atoms with Gasteiger partial charge in [-0.25, -0.2) is 0 Å². The van der Waals surface area contributed by atoms with Gasteiger partial charge in [-0.05, 0) is 31.2 Å². The molecule has 1 aromatic carbocycles. The summed E-state index contributed by atoms with van der Waals surface area (Å²) in [5.74, 6) is 0.536. The molecule has 2 amide bonds. The van der Waals surface area contributed by atoms with Gasteiger partial charge < -0.3 is 15.0 Å². The second-order valence-corrected chi connectivity index (χ2v) is 9.22. The minimum atomic E-state index is -0.556. The Morgan fingerprint density at radius 2 is 1.93 bits per heavy atom. The van der Waals surface area contributed by atoms with Crippen LogP contribution < -0.4 is 5.32 Å². The molecule has 1 aliphatic heterocycles. The van der Waals surface area contributed by atoms with E-state index >= 15 is 0 Å². The smallest absolute Gasteiger partial charge is 0.228 e. The van der Waals surface area contributed by atoms with Gasteiger partial charge in [-0.3, -0.25) is 9.59 Å². The number of carbonyl (C=O) groups excluding carboxylic acids is 2. The van der Waals surface area contributed by atoms with Crippen LogP contribution in [-0.2, 0) is 14.3 Å². The first kappa shape index (κ1) is 19.9. The molecule has 1 N–H and O–H groups in total. The maximum Gasteiger partial charge on any atom is 0.228 e. The van der Waals surface area contributed by atoms with Crippen molar-refractivity contribution in [2.75, 3.05) is 26.2 Å². The molecule has 2 atom stereocenters. The van der Waals surface area contributed by atoms with E-state index in [0.717, 1.165) is 18.4 Å². The van der Waals surface area contributed by atoms with E-state index in [9.17, 15) is 9.59 Å².